The van der Waals surface area contributed by atoms with Crippen LogP contribution in [0.2, 0.25) is 10.0 Å². The fourth-order valence-electron chi connectivity index (χ4n) is 4.17. The Labute approximate surface area is 213 Å². The molecule has 1 aliphatic rings. The van der Waals surface area contributed by atoms with E-state index in [1.807, 2.05) is 0 Å². The second-order valence-corrected chi connectivity index (χ2v) is 11.2. The topological polar surface area (TPSA) is 84.3 Å². The van der Waals surface area contributed by atoms with E-state index in [0.717, 1.165) is 24.8 Å². The van der Waals surface area contributed by atoms with Crippen molar-refractivity contribution in [3.05, 3.63) is 74.8 Å². The highest BCUT2D eigenvalue weighted by molar-refractivity contribution is 7.89. The third-order valence-corrected chi connectivity index (χ3v) is 8.72. The van der Waals surface area contributed by atoms with Crippen molar-refractivity contribution < 1.29 is 17.6 Å². The molecule has 0 spiro atoms. The maximum atomic E-state index is 13.6. The predicted molar refractivity (Wildman–Crippen MR) is 134 cm³/mol. The van der Waals surface area contributed by atoms with Crippen molar-refractivity contribution in [2.75, 3.05) is 18.4 Å². The largest absolute Gasteiger partial charge is 0.319 e. The Morgan fingerprint density at radius 1 is 1.09 bits per heavy atom. The highest BCUT2D eigenvalue weighted by Crippen LogP contribution is 2.32. The van der Waals surface area contributed by atoms with Gasteiger partial charge in [0, 0.05) is 13.1 Å². The zero-order chi connectivity index (χ0) is 25.3. The summed E-state index contributed by atoms with van der Waals surface area (Å²) in [6.07, 6.45) is 2.52. The summed E-state index contributed by atoms with van der Waals surface area (Å²) in [5.41, 5.74) is 2.40. The van der Waals surface area contributed by atoms with Crippen LogP contribution in [-0.4, -0.2) is 41.5 Å². The number of aromatic nitrogens is 2. The first-order valence-electron chi connectivity index (χ1n) is 11.2. The van der Waals surface area contributed by atoms with Gasteiger partial charge in [-0.15, -0.1) is 0 Å². The monoisotopic (exact) mass is 538 g/mol. The molecule has 2 aromatic carbocycles. The molecule has 0 atom stereocenters. The first kappa shape index (κ1) is 25.6. The van der Waals surface area contributed by atoms with Crippen LogP contribution in [0.1, 0.15) is 46.6 Å². The van der Waals surface area contributed by atoms with Crippen LogP contribution in [0.15, 0.2) is 41.3 Å². The number of nitrogens with one attached hydrogen (secondary N) is 1. The predicted octanol–water partition coefficient (Wildman–Crippen LogP) is 5.42. The molecule has 7 nitrogen and oxygen atoms in total. The van der Waals surface area contributed by atoms with E-state index in [-0.39, 0.29) is 26.3 Å². The van der Waals surface area contributed by atoms with E-state index in [1.54, 1.807) is 30.7 Å². The fraction of sp³-hybridized carbons (Fsp3) is 0.333. The number of anilines is 1. The molecule has 1 amide bonds. The number of halogens is 3. The van der Waals surface area contributed by atoms with E-state index in [9.17, 15) is 17.6 Å². The molecule has 2 heterocycles. The molecule has 0 aliphatic carbocycles. The van der Waals surface area contributed by atoms with E-state index < -0.39 is 15.9 Å². The summed E-state index contributed by atoms with van der Waals surface area (Å²) >= 11 is 12.5. The molecule has 0 unspecified atom stereocenters. The average molecular weight is 539 g/mol. The van der Waals surface area contributed by atoms with Crippen LogP contribution in [0.4, 0.5) is 10.1 Å². The Hall–Kier alpha value is -2.46. The van der Waals surface area contributed by atoms with Gasteiger partial charge in [-0.3, -0.25) is 9.48 Å². The number of nitrogens with zero attached hydrogens (tertiary/aromatic N) is 3. The van der Waals surface area contributed by atoms with Crippen molar-refractivity contribution >= 4 is 44.8 Å². The van der Waals surface area contributed by atoms with Crippen molar-refractivity contribution in [1.82, 2.24) is 14.1 Å². The third-order valence-electron chi connectivity index (χ3n) is 6.04. The number of aryl methyl sites for hydroxylation is 1. The molecule has 1 aliphatic heterocycles. The molecule has 4 rings (SSSR count). The number of carbonyl (C=O) groups is 1. The van der Waals surface area contributed by atoms with Crippen LogP contribution in [0, 0.1) is 19.7 Å². The molecule has 0 saturated carbocycles. The molecule has 11 heteroatoms. The number of amides is 1. The molecule has 35 heavy (non-hydrogen) atoms. The first-order valence-corrected chi connectivity index (χ1v) is 13.4. The number of benzene rings is 2. The molecule has 1 fully saturated rings. The Bertz CT molecular complexity index is 1390. The van der Waals surface area contributed by atoms with Crippen molar-refractivity contribution in [3.63, 3.8) is 0 Å². The van der Waals surface area contributed by atoms with Gasteiger partial charge < -0.3 is 5.32 Å². The van der Waals surface area contributed by atoms with Crippen LogP contribution in [0.25, 0.3) is 0 Å². The molecule has 0 bridgehead atoms. The lowest BCUT2D eigenvalue weighted by atomic mass is 10.2. The minimum absolute atomic E-state index is 0.0108. The number of hydrogen-bond donors (Lipinski definition) is 1. The Kier molecular flexibility index (Phi) is 7.51. The van der Waals surface area contributed by atoms with E-state index in [1.165, 1.54) is 28.6 Å². The van der Waals surface area contributed by atoms with Gasteiger partial charge in [0.25, 0.3) is 5.91 Å². The van der Waals surface area contributed by atoms with Gasteiger partial charge in [-0.1, -0.05) is 41.8 Å². The zero-order valence-corrected chi connectivity index (χ0v) is 21.6. The quantitative estimate of drug-likeness (QED) is 0.454. The maximum absolute atomic E-state index is 13.6. The SMILES string of the molecule is Cc1nn(Cc2cccc(F)c2)c(C)c1NC(=O)c1cc(S(=O)(=O)N2CCCCC2)c(Cl)cc1Cl. The number of rotatable bonds is 6. The summed E-state index contributed by atoms with van der Waals surface area (Å²) < 4.78 is 43.0. The normalized spacial score (nSPS) is 14.8. The standard InChI is InChI=1S/C24H25Cl2FN4O3S/c1-15-23(16(2)31(29-15)14-17-7-6-8-18(27)11-17)28-24(32)19-12-22(21(26)13-20(19)25)35(33,34)30-9-4-3-5-10-30/h6-8,11-13H,3-5,9-10,14H2,1-2H3,(H,28,32). The number of sulfonamides is 1. The molecular weight excluding hydrogens is 514 g/mol. The fourth-order valence-corrected chi connectivity index (χ4v) is 6.52. The lowest BCUT2D eigenvalue weighted by Crippen LogP contribution is -2.35. The second kappa shape index (κ2) is 10.3. The van der Waals surface area contributed by atoms with Gasteiger partial charge in [-0.2, -0.15) is 9.40 Å². The summed E-state index contributed by atoms with van der Waals surface area (Å²) in [4.78, 5) is 13.0. The van der Waals surface area contributed by atoms with Crippen LogP contribution in [0.5, 0.6) is 0 Å². The molecular formula is C24H25Cl2FN4O3S. The highest BCUT2D eigenvalue weighted by Gasteiger charge is 2.30. The van der Waals surface area contributed by atoms with Crippen LogP contribution < -0.4 is 5.32 Å². The van der Waals surface area contributed by atoms with Gasteiger partial charge in [0.15, 0.2) is 0 Å². The van der Waals surface area contributed by atoms with Gasteiger partial charge in [0.05, 0.1) is 39.2 Å². The minimum Gasteiger partial charge on any atom is -0.319 e. The van der Waals surface area contributed by atoms with Gasteiger partial charge in [0.2, 0.25) is 10.0 Å². The van der Waals surface area contributed by atoms with Gasteiger partial charge in [-0.25, -0.2) is 12.8 Å². The summed E-state index contributed by atoms with van der Waals surface area (Å²) in [5.74, 6) is -0.927. The Morgan fingerprint density at radius 3 is 2.49 bits per heavy atom. The van der Waals surface area contributed by atoms with E-state index in [4.69, 9.17) is 23.2 Å². The molecule has 3 aromatic rings. The van der Waals surface area contributed by atoms with Crippen molar-refractivity contribution in [1.29, 1.82) is 0 Å². The van der Waals surface area contributed by atoms with Crippen LogP contribution in [-0.2, 0) is 16.6 Å². The third kappa shape index (κ3) is 5.38. The summed E-state index contributed by atoms with van der Waals surface area (Å²) in [6, 6.07) is 8.71. The highest BCUT2D eigenvalue weighted by atomic mass is 35.5. The number of carbonyl (C=O) groups excluding carboxylic acids is 1. The lowest BCUT2D eigenvalue weighted by molar-refractivity contribution is 0.102. The van der Waals surface area contributed by atoms with Gasteiger partial charge in [0.1, 0.15) is 10.7 Å². The number of hydrogen-bond acceptors (Lipinski definition) is 4. The molecule has 186 valence electrons. The molecule has 1 saturated heterocycles. The molecule has 0 radical (unpaired) electrons. The summed E-state index contributed by atoms with van der Waals surface area (Å²) in [7, 11) is -3.87. The second-order valence-electron chi connectivity index (χ2n) is 8.51. The van der Waals surface area contributed by atoms with E-state index >= 15 is 0 Å². The smallest absolute Gasteiger partial charge is 0.257 e. The van der Waals surface area contributed by atoms with Gasteiger partial charge in [-0.05, 0) is 56.5 Å². The molecule has 1 aromatic heterocycles. The van der Waals surface area contributed by atoms with Gasteiger partial charge >= 0.3 is 0 Å². The van der Waals surface area contributed by atoms with E-state index in [0.29, 0.717) is 36.7 Å². The maximum Gasteiger partial charge on any atom is 0.257 e. The van der Waals surface area contributed by atoms with Crippen molar-refractivity contribution in [2.45, 2.75) is 44.6 Å². The van der Waals surface area contributed by atoms with Crippen LogP contribution >= 0.6 is 23.2 Å². The van der Waals surface area contributed by atoms with Crippen molar-refractivity contribution in [2.24, 2.45) is 0 Å². The average Bonchev–Trinajstić information content (AvgIpc) is 3.06. The Morgan fingerprint density at radius 2 is 1.80 bits per heavy atom. The number of piperidine rings is 1. The van der Waals surface area contributed by atoms with Crippen molar-refractivity contribution in [3.8, 4) is 0 Å². The summed E-state index contributed by atoms with van der Waals surface area (Å²) in [5, 5.41) is 7.26. The summed E-state index contributed by atoms with van der Waals surface area (Å²) in [6.45, 7) is 4.66. The molecule has 1 N–H and O–H groups in total. The minimum atomic E-state index is -3.87. The van der Waals surface area contributed by atoms with Crippen LogP contribution in [0.3, 0.4) is 0 Å². The first-order chi connectivity index (χ1) is 16.6. The van der Waals surface area contributed by atoms with E-state index in [2.05, 4.69) is 10.4 Å². The Balaban J connectivity index is 1.62. The zero-order valence-electron chi connectivity index (χ0n) is 19.3. The lowest BCUT2D eigenvalue weighted by Gasteiger charge is -2.26.